The van der Waals surface area contributed by atoms with E-state index in [9.17, 15) is 4.79 Å². The van der Waals surface area contributed by atoms with Crippen LogP contribution in [0.3, 0.4) is 0 Å². The van der Waals surface area contributed by atoms with E-state index >= 15 is 0 Å². The fourth-order valence-corrected chi connectivity index (χ4v) is 2.24. The lowest BCUT2D eigenvalue weighted by Crippen LogP contribution is -2.38. The summed E-state index contributed by atoms with van der Waals surface area (Å²) in [5.41, 5.74) is 2.34. The molecular formula is C17H27NO. The number of carbonyl (C=O) groups excluding carboxylic acids is 1. The molecule has 2 nitrogen and oxygen atoms in total. The van der Waals surface area contributed by atoms with Crippen molar-refractivity contribution in [3.8, 4) is 0 Å². The second-order valence-corrected chi connectivity index (χ2v) is 6.19. The van der Waals surface area contributed by atoms with E-state index in [4.69, 9.17) is 0 Å². The summed E-state index contributed by atoms with van der Waals surface area (Å²) in [5, 5.41) is 0. The van der Waals surface area contributed by atoms with Gasteiger partial charge in [0.1, 0.15) is 0 Å². The number of carbonyl (C=O) groups is 1. The number of benzene rings is 1. The molecule has 0 heterocycles. The number of nitrogens with zero attached hydrogens (tertiary/aromatic N) is 1. The maximum absolute atomic E-state index is 12.5. The van der Waals surface area contributed by atoms with E-state index in [1.807, 2.05) is 17.0 Å². The van der Waals surface area contributed by atoms with Gasteiger partial charge < -0.3 is 4.90 Å². The molecule has 0 N–H and O–H groups in total. The van der Waals surface area contributed by atoms with Crippen LogP contribution >= 0.6 is 0 Å². The van der Waals surface area contributed by atoms with Crippen LogP contribution in [0.1, 0.15) is 38.8 Å². The van der Waals surface area contributed by atoms with Gasteiger partial charge in [-0.3, -0.25) is 4.79 Å². The molecule has 0 aliphatic rings. The van der Waals surface area contributed by atoms with Crippen LogP contribution in [0.2, 0.25) is 0 Å². The Bertz CT molecular complexity index is 399. The standard InChI is InChI=1S/C17H27NO/c1-13(2)11-18(12-14(3)4)17(19)10-16-9-7-6-8-15(16)5/h6-9,13-14H,10-12H2,1-5H3. The zero-order valence-electron chi connectivity index (χ0n) is 12.9. The van der Waals surface area contributed by atoms with Crippen LogP contribution in [0, 0.1) is 18.8 Å². The van der Waals surface area contributed by atoms with Crippen LogP contribution in [0.15, 0.2) is 24.3 Å². The highest BCUT2D eigenvalue weighted by Crippen LogP contribution is 2.11. The lowest BCUT2D eigenvalue weighted by molar-refractivity contribution is -0.131. The Balaban J connectivity index is 2.74. The Hall–Kier alpha value is -1.31. The number of hydrogen-bond acceptors (Lipinski definition) is 1. The summed E-state index contributed by atoms with van der Waals surface area (Å²) < 4.78 is 0. The van der Waals surface area contributed by atoms with Crippen LogP contribution in [0.25, 0.3) is 0 Å². The first-order valence-electron chi connectivity index (χ1n) is 7.22. The SMILES string of the molecule is Cc1ccccc1CC(=O)N(CC(C)C)CC(C)C. The van der Waals surface area contributed by atoms with Gasteiger partial charge in [-0.1, -0.05) is 52.0 Å². The predicted molar refractivity (Wildman–Crippen MR) is 81.1 cm³/mol. The molecule has 0 fully saturated rings. The van der Waals surface area contributed by atoms with Crippen molar-refractivity contribution in [1.29, 1.82) is 0 Å². The summed E-state index contributed by atoms with van der Waals surface area (Å²) in [6.07, 6.45) is 0.520. The average molecular weight is 261 g/mol. The first kappa shape index (κ1) is 15.7. The van der Waals surface area contributed by atoms with E-state index in [0.717, 1.165) is 18.7 Å². The molecule has 0 saturated carbocycles. The molecule has 1 aromatic rings. The summed E-state index contributed by atoms with van der Waals surface area (Å²) >= 11 is 0. The van der Waals surface area contributed by atoms with Crippen molar-refractivity contribution in [1.82, 2.24) is 4.90 Å². The van der Waals surface area contributed by atoms with Gasteiger partial charge in [-0.05, 0) is 29.9 Å². The van der Waals surface area contributed by atoms with Gasteiger partial charge in [-0.25, -0.2) is 0 Å². The minimum Gasteiger partial charge on any atom is -0.342 e. The highest BCUT2D eigenvalue weighted by atomic mass is 16.2. The van der Waals surface area contributed by atoms with Crippen molar-refractivity contribution in [3.05, 3.63) is 35.4 Å². The van der Waals surface area contributed by atoms with Crippen molar-refractivity contribution in [2.45, 2.75) is 41.0 Å². The minimum absolute atomic E-state index is 0.247. The molecule has 0 aliphatic heterocycles. The monoisotopic (exact) mass is 261 g/mol. The summed E-state index contributed by atoms with van der Waals surface area (Å²) in [6.45, 7) is 12.4. The molecule has 0 unspecified atom stereocenters. The lowest BCUT2D eigenvalue weighted by Gasteiger charge is -2.26. The van der Waals surface area contributed by atoms with Crippen molar-refractivity contribution in [3.63, 3.8) is 0 Å². The maximum atomic E-state index is 12.5. The van der Waals surface area contributed by atoms with Crippen LogP contribution in [0.4, 0.5) is 0 Å². The van der Waals surface area contributed by atoms with E-state index in [1.165, 1.54) is 5.56 Å². The number of amides is 1. The zero-order chi connectivity index (χ0) is 14.4. The van der Waals surface area contributed by atoms with Gasteiger partial charge in [-0.15, -0.1) is 0 Å². The maximum Gasteiger partial charge on any atom is 0.227 e. The Morgan fingerprint density at radius 3 is 2.05 bits per heavy atom. The van der Waals surface area contributed by atoms with E-state index < -0.39 is 0 Å². The number of rotatable bonds is 6. The molecule has 0 saturated heterocycles. The molecule has 0 radical (unpaired) electrons. The molecule has 1 amide bonds. The van der Waals surface area contributed by atoms with Crippen LogP contribution < -0.4 is 0 Å². The molecule has 0 aromatic heterocycles. The van der Waals surface area contributed by atoms with Crippen LogP contribution in [0.5, 0.6) is 0 Å². The first-order valence-corrected chi connectivity index (χ1v) is 7.22. The molecule has 0 aliphatic carbocycles. The van der Waals surface area contributed by atoms with E-state index in [2.05, 4.69) is 46.8 Å². The summed E-state index contributed by atoms with van der Waals surface area (Å²) in [6, 6.07) is 8.14. The van der Waals surface area contributed by atoms with Gasteiger partial charge in [0.2, 0.25) is 5.91 Å². The predicted octanol–water partition coefficient (Wildman–Crippen LogP) is 3.68. The van der Waals surface area contributed by atoms with Crippen molar-refractivity contribution < 1.29 is 4.79 Å². The zero-order valence-corrected chi connectivity index (χ0v) is 12.9. The van der Waals surface area contributed by atoms with Crippen molar-refractivity contribution in [2.24, 2.45) is 11.8 Å². The van der Waals surface area contributed by atoms with Gasteiger partial charge in [0.05, 0.1) is 6.42 Å². The second-order valence-electron chi connectivity index (χ2n) is 6.19. The van der Waals surface area contributed by atoms with E-state index in [0.29, 0.717) is 18.3 Å². The molecule has 1 aromatic carbocycles. The Morgan fingerprint density at radius 2 is 1.58 bits per heavy atom. The average Bonchev–Trinajstić information content (AvgIpc) is 2.30. The molecule has 1 rings (SSSR count). The third-order valence-electron chi connectivity index (χ3n) is 3.13. The van der Waals surface area contributed by atoms with Gasteiger partial charge >= 0.3 is 0 Å². The molecule has 2 heteroatoms. The number of hydrogen-bond donors (Lipinski definition) is 0. The summed E-state index contributed by atoms with van der Waals surface area (Å²) in [7, 11) is 0. The van der Waals surface area contributed by atoms with Gasteiger partial charge in [-0.2, -0.15) is 0 Å². The fraction of sp³-hybridized carbons (Fsp3) is 0.588. The second kappa shape index (κ2) is 7.32. The van der Waals surface area contributed by atoms with Gasteiger partial charge in [0.25, 0.3) is 0 Å². The third kappa shape index (κ3) is 5.46. The van der Waals surface area contributed by atoms with Gasteiger partial charge in [0, 0.05) is 13.1 Å². The Labute approximate surface area is 117 Å². The molecule has 19 heavy (non-hydrogen) atoms. The van der Waals surface area contributed by atoms with Gasteiger partial charge in [0.15, 0.2) is 0 Å². The summed E-state index contributed by atoms with van der Waals surface area (Å²) in [4.78, 5) is 14.5. The smallest absolute Gasteiger partial charge is 0.227 e. The highest BCUT2D eigenvalue weighted by Gasteiger charge is 2.17. The van der Waals surface area contributed by atoms with E-state index in [-0.39, 0.29) is 5.91 Å². The minimum atomic E-state index is 0.247. The van der Waals surface area contributed by atoms with Crippen LogP contribution in [-0.2, 0) is 11.2 Å². The number of aryl methyl sites for hydroxylation is 1. The Kier molecular flexibility index (Phi) is 6.07. The molecular weight excluding hydrogens is 234 g/mol. The normalized spacial score (nSPS) is 11.1. The molecule has 0 bridgehead atoms. The lowest BCUT2D eigenvalue weighted by atomic mass is 10.0. The van der Waals surface area contributed by atoms with Crippen molar-refractivity contribution in [2.75, 3.05) is 13.1 Å². The summed E-state index contributed by atoms with van der Waals surface area (Å²) in [5.74, 6) is 1.27. The Morgan fingerprint density at radius 1 is 1.05 bits per heavy atom. The largest absolute Gasteiger partial charge is 0.342 e. The molecule has 0 atom stereocenters. The molecule has 0 spiro atoms. The molecule has 106 valence electrons. The topological polar surface area (TPSA) is 20.3 Å². The van der Waals surface area contributed by atoms with Crippen LogP contribution in [-0.4, -0.2) is 23.9 Å². The van der Waals surface area contributed by atoms with E-state index in [1.54, 1.807) is 0 Å². The first-order chi connectivity index (χ1) is 8.90. The van der Waals surface area contributed by atoms with Crippen molar-refractivity contribution >= 4 is 5.91 Å². The third-order valence-corrected chi connectivity index (χ3v) is 3.13. The fourth-order valence-electron chi connectivity index (χ4n) is 2.24. The highest BCUT2D eigenvalue weighted by molar-refractivity contribution is 5.79. The quantitative estimate of drug-likeness (QED) is 0.765.